The van der Waals surface area contributed by atoms with Gasteiger partial charge >= 0.3 is 0 Å². The molecule has 11 rings (SSSR count). The van der Waals surface area contributed by atoms with Crippen molar-refractivity contribution in [2.45, 2.75) is 0 Å². The van der Waals surface area contributed by atoms with Crippen LogP contribution in [0.4, 0.5) is 0 Å². The molecule has 3 heterocycles. The van der Waals surface area contributed by atoms with Crippen LogP contribution in [0.25, 0.3) is 107 Å². The molecule has 0 amide bonds. The summed E-state index contributed by atoms with van der Waals surface area (Å²) in [7, 11) is 163. The van der Waals surface area contributed by atoms with Gasteiger partial charge in [-0.05, 0) is 41.5 Å². The number of benzene rings is 8. The Morgan fingerprint density at radius 1 is 0.233 bits per heavy atom. The van der Waals surface area contributed by atoms with Crippen LogP contribution in [-0.2, 0) is 0 Å². The molecule has 0 saturated heterocycles. The van der Waals surface area contributed by atoms with Crippen molar-refractivity contribution in [2.24, 2.45) is 0 Å². The molecule has 0 bridgehead atoms. The highest BCUT2D eigenvalue weighted by atomic mass is 15.1. The maximum atomic E-state index is 6.77. The molecule has 0 aliphatic heterocycles. The van der Waals surface area contributed by atoms with E-state index in [1.54, 1.807) is 24.3 Å². The molecule has 11 aromatic rings. The highest BCUT2D eigenvalue weighted by Gasteiger charge is 2.28. The van der Waals surface area contributed by atoms with Gasteiger partial charge in [-0.3, -0.25) is 0 Å². The van der Waals surface area contributed by atoms with Gasteiger partial charge < -0.3 is 4.57 Å². The number of fused-ring (bicyclic) bond motifs is 3. The van der Waals surface area contributed by atoms with Gasteiger partial charge in [0.05, 0.1) is 16.7 Å². The van der Waals surface area contributed by atoms with Gasteiger partial charge in [0.25, 0.3) is 0 Å². The van der Waals surface area contributed by atoms with Crippen molar-refractivity contribution in [2.75, 3.05) is 0 Å². The Hall–Kier alpha value is -6.80. The Morgan fingerprint density at radius 3 is 0.884 bits per heavy atom. The van der Waals surface area contributed by atoms with E-state index in [2.05, 4.69) is 0 Å². The Kier molecular flexibility index (Phi) is 15.9. The average molecular weight is 1030 g/mol. The average Bonchev–Trinajstić information content (AvgIpc) is 1.66. The summed E-state index contributed by atoms with van der Waals surface area (Å²) >= 11 is 0. The van der Waals surface area contributed by atoms with Gasteiger partial charge in [-0.15, -0.1) is 81.9 Å². The molecule has 7 nitrogen and oxygen atoms in total. The van der Waals surface area contributed by atoms with Gasteiger partial charge in [0.2, 0.25) is 0 Å². The fourth-order valence-corrected chi connectivity index (χ4v) is 10.5. The molecule has 8 aromatic carbocycles. The highest BCUT2D eigenvalue weighted by molar-refractivity contribution is 6.73. The first-order valence-corrected chi connectivity index (χ1v) is 25.4. The fourth-order valence-electron chi connectivity index (χ4n) is 10.5. The third-order valence-electron chi connectivity index (χ3n) is 15.4. The van der Waals surface area contributed by atoms with Crippen LogP contribution < -0.4 is 137 Å². The van der Waals surface area contributed by atoms with Crippen molar-refractivity contribution in [1.82, 2.24) is 34.5 Å². The summed E-state index contributed by atoms with van der Waals surface area (Å²) in [6.07, 6.45) is 0. The molecule has 336 valence electrons. The Bertz CT molecular complexity index is 4540. The largest absolute Gasteiger partial charge is 0.308 e. The summed E-state index contributed by atoms with van der Waals surface area (Å²) in [6.45, 7) is 0. The molecule has 32 heteroatoms. The van der Waals surface area contributed by atoms with E-state index >= 15 is 0 Å². The molecule has 0 aliphatic carbocycles. The first kappa shape index (κ1) is 60.9. The van der Waals surface area contributed by atoms with Gasteiger partial charge in [0.1, 0.15) is 196 Å². The van der Waals surface area contributed by atoms with Gasteiger partial charge in [0.15, 0.2) is 34.9 Å². The van der Waals surface area contributed by atoms with Crippen LogP contribution in [0.5, 0.6) is 0 Å². The van der Waals surface area contributed by atoms with Crippen LogP contribution >= 0.6 is 0 Å². The predicted octanol–water partition coefficient (Wildman–Crippen LogP) is -17.3. The van der Waals surface area contributed by atoms with E-state index in [1.165, 1.54) is 0 Å². The normalized spacial score (nSPS) is 11.5. The number of nitrogens with zero attached hydrogens (tertiary/aromatic N) is 7. The van der Waals surface area contributed by atoms with Gasteiger partial charge in [-0.2, -0.15) is 0 Å². The molecule has 0 N–H and O–H groups in total. The highest BCUT2D eigenvalue weighted by Crippen LogP contribution is 2.41. The van der Waals surface area contributed by atoms with Crippen molar-refractivity contribution < 1.29 is 0 Å². The lowest BCUT2D eigenvalue weighted by Crippen LogP contribution is -2.55. The van der Waals surface area contributed by atoms with Crippen LogP contribution in [0.3, 0.4) is 0 Å². The summed E-state index contributed by atoms with van der Waals surface area (Å²) in [5.41, 5.74) is 0.270. The van der Waals surface area contributed by atoms with Gasteiger partial charge in [-0.25, -0.2) is 29.9 Å². The molecule has 0 atom stereocenters. The number of hydrogen-bond acceptors (Lipinski definition) is 6. The molecule has 86 heavy (non-hydrogen) atoms. The van der Waals surface area contributed by atoms with Crippen molar-refractivity contribution in [3.05, 3.63) is 60.7 Å². The predicted molar refractivity (Wildman–Crippen MR) is 380 cm³/mol. The fraction of sp³-hybridized carbons (Fsp3) is 0. The van der Waals surface area contributed by atoms with Gasteiger partial charge in [-0.1, -0.05) is 85.0 Å². The van der Waals surface area contributed by atoms with E-state index in [4.69, 9.17) is 226 Å². The molecule has 50 radical (unpaired) electrons. The first-order chi connectivity index (χ1) is 40.6. The molecule has 0 aliphatic rings. The molecule has 0 fully saturated rings. The lowest BCUT2D eigenvalue weighted by Gasteiger charge is -2.23. The molecule has 3 aromatic heterocycles. The second kappa shape index (κ2) is 22.4. The maximum Gasteiger partial charge on any atom is 0.166 e. The van der Waals surface area contributed by atoms with Crippen molar-refractivity contribution >= 4 is 355 Å². The zero-order valence-corrected chi connectivity index (χ0v) is 45.3. The molecular formula is C54H10B25N7. The second-order valence-electron chi connectivity index (χ2n) is 20.1. The van der Waals surface area contributed by atoms with E-state index in [9.17, 15) is 0 Å². The molecular weight excluding hydrogens is 1020 g/mol. The second-order valence-corrected chi connectivity index (χ2v) is 20.1. The minimum absolute atomic E-state index is 0.0274. The van der Waals surface area contributed by atoms with Crippen LogP contribution in [0.1, 0.15) is 0 Å². The summed E-state index contributed by atoms with van der Waals surface area (Å²) in [5, 5.41) is 1.33. The first-order valence-electron chi connectivity index (χ1n) is 25.4. The summed E-state index contributed by atoms with van der Waals surface area (Å²) < 4.78 is 1.92. The number of hydrogen-bond donors (Lipinski definition) is 0. The standard InChI is InChI=1S/C54H10B25N7/c55-24-19(25(56)35(66)44(75)34(24)65)13-5-3-7-17-18(13)12-4-1-2-6-15(12)86(17)16-9-8-11(49-80-51(20-26(57)36(67)45(76)37(68)27(20)58)84-52(81-49)21-28(59)38(69)46(77)39(70)29(21)60)10-14(16)50-82-53(22-30(61)40(71)47(78)41(72)31(22)62)85-54(83-50)23-32(63)42(73)48(79)43(74)33(23)64/h1-10H. The van der Waals surface area contributed by atoms with Crippen molar-refractivity contribution in [3.8, 4) is 85.1 Å². The summed E-state index contributed by atoms with van der Waals surface area (Å²) in [5.74, 6) is -1.11. The third kappa shape index (κ3) is 9.33. The minimum Gasteiger partial charge on any atom is -0.308 e. The van der Waals surface area contributed by atoms with E-state index in [0.29, 0.717) is 38.6 Å². The molecule has 0 spiro atoms. The zero-order chi connectivity index (χ0) is 62.3. The van der Waals surface area contributed by atoms with Gasteiger partial charge in [0, 0.05) is 44.2 Å². The topological polar surface area (TPSA) is 82.3 Å². The third-order valence-corrected chi connectivity index (χ3v) is 15.4. The maximum absolute atomic E-state index is 6.77. The summed E-state index contributed by atoms with van der Waals surface area (Å²) in [4.78, 5) is 29.6. The number of rotatable bonds is 8. The SMILES string of the molecule is [B]c1c([B])c([B])c(-c2nc(-c3ccc(-n4c5ccccc5c5c(-c6c([B])c([B])c([B])c([B])c6[B])cccc54)c(-c4nc(-c5c([B])c([B])c([B])c([B])c5[B])nc(-c5c([B])c([B])c([B])c([B])c5[B])n4)c3)nc(-c3c([B])c([B])c([B])c([B])c3[B])n2)c([B])c1[B]. The molecule has 0 saturated carbocycles. The van der Waals surface area contributed by atoms with Crippen molar-refractivity contribution in [1.29, 1.82) is 0 Å². The number of aromatic nitrogens is 7. The lowest BCUT2D eigenvalue weighted by atomic mass is 9.59. The Balaban J connectivity index is 1.32. The Morgan fingerprint density at radius 2 is 0.523 bits per heavy atom. The zero-order valence-electron chi connectivity index (χ0n) is 45.3. The quantitative estimate of drug-likeness (QED) is 0.141. The number of para-hydroxylation sites is 1. The molecule has 0 unspecified atom stereocenters. The van der Waals surface area contributed by atoms with Crippen LogP contribution in [0.2, 0.25) is 0 Å². The van der Waals surface area contributed by atoms with E-state index in [-0.39, 0.29) is 205 Å². The summed E-state index contributed by atoms with van der Waals surface area (Å²) in [6, 6.07) is 18.0. The van der Waals surface area contributed by atoms with E-state index in [0.717, 1.165) is 0 Å². The minimum atomic E-state index is -0.227. The lowest BCUT2D eigenvalue weighted by molar-refractivity contribution is 1.06. The monoisotopic (exact) mass is 1030 g/mol. The van der Waals surface area contributed by atoms with Crippen LogP contribution in [0, 0.1) is 0 Å². The van der Waals surface area contributed by atoms with Crippen molar-refractivity contribution in [3.63, 3.8) is 0 Å². The smallest absolute Gasteiger partial charge is 0.166 e. The van der Waals surface area contributed by atoms with Crippen LogP contribution in [-0.4, -0.2) is 231 Å². The van der Waals surface area contributed by atoms with E-state index < -0.39 is 0 Å². The van der Waals surface area contributed by atoms with E-state index in [1.807, 2.05) is 41.0 Å². The van der Waals surface area contributed by atoms with Crippen LogP contribution in [0.15, 0.2) is 60.7 Å². The Labute approximate surface area is 531 Å².